The van der Waals surface area contributed by atoms with Crippen LogP contribution >= 0.6 is 0 Å². The summed E-state index contributed by atoms with van der Waals surface area (Å²) in [6.07, 6.45) is 1.77. The fourth-order valence-corrected chi connectivity index (χ4v) is 1.25. The average Bonchev–Trinajstić information content (AvgIpc) is 2.04. The van der Waals surface area contributed by atoms with Gasteiger partial charge in [0.05, 0.1) is 0 Å². The van der Waals surface area contributed by atoms with Gasteiger partial charge in [-0.3, -0.25) is 0 Å². The van der Waals surface area contributed by atoms with Crippen molar-refractivity contribution in [3.05, 3.63) is 17.5 Å². The van der Waals surface area contributed by atoms with E-state index in [1.165, 1.54) is 0 Å². The van der Waals surface area contributed by atoms with Crippen LogP contribution in [0.4, 0.5) is 0 Å². The van der Waals surface area contributed by atoms with Crippen molar-refractivity contribution < 1.29 is 0 Å². The summed E-state index contributed by atoms with van der Waals surface area (Å²) in [5.41, 5.74) is 2.26. The molecule has 0 amide bonds. The van der Waals surface area contributed by atoms with Gasteiger partial charge in [0, 0.05) is 0 Å². The molecule has 0 bridgehead atoms. The van der Waals surface area contributed by atoms with E-state index in [9.17, 15) is 0 Å². The van der Waals surface area contributed by atoms with Gasteiger partial charge in [0.15, 0.2) is 0 Å². The number of hydrogen-bond acceptors (Lipinski definition) is 2. The Bertz CT molecular complexity index is 231. The van der Waals surface area contributed by atoms with E-state index >= 15 is 0 Å². The second-order valence-electron chi connectivity index (χ2n) is 3.64. The normalized spacial score (nSPS) is 10.8. The zero-order chi connectivity index (χ0) is 9.14. The maximum absolute atomic E-state index is 4.34. The Kier molecular flexibility index (Phi) is 2.96. The van der Waals surface area contributed by atoms with Crippen molar-refractivity contribution in [1.29, 1.82) is 0 Å². The number of rotatable bonds is 2. The molecule has 1 heterocycles. The Balaban J connectivity index is 3.09. The molecule has 64 valence electrons. The van der Waals surface area contributed by atoms with Gasteiger partial charge >= 0.3 is 73.9 Å². The molecule has 0 aliphatic rings. The molecule has 2 nitrogen and oxygen atoms in total. The first-order chi connectivity index (χ1) is 5.63. The standard InChI is InChI=1S/C9H15BN2/c1-6(2)8-9(7(3)4)12-10-5-11-8/h5-7H,1-4H3. The van der Waals surface area contributed by atoms with Crippen molar-refractivity contribution in [3.63, 3.8) is 0 Å². The quantitative estimate of drug-likeness (QED) is 0.665. The van der Waals surface area contributed by atoms with Crippen LogP contribution in [0.15, 0.2) is 6.09 Å². The zero-order valence-corrected chi connectivity index (χ0v) is 8.20. The van der Waals surface area contributed by atoms with Crippen LogP contribution in [0.5, 0.6) is 0 Å². The Morgan fingerprint density at radius 1 is 1.08 bits per heavy atom. The van der Waals surface area contributed by atoms with Crippen molar-refractivity contribution in [2.45, 2.75) is 39.5 Å². The molecule has 1 rings (SSSR count). The summed E-state index contributed by atoms with van der Waals surface area (Å²) < 4.78 is 0. The minimum atomic E-state index is 0.469. The molecule has 0 aliphatic heterocycles. The first-order valence-corrected chi connectivity index (χ1v) is 4.43. The van der Waals surface area contributed by atoms with Gasteiger partial charge in [-0.15, -0.1) is 0 Å². The molecule has 0 aromatic carbocycles. The number of hydrogen-bond donors (Lipinski definition) is 0. The monoisotopic (exact) mass is 162 g/mol. The van der Waals surface area contributed by atoms with E-state index < -0.39 is 0 Å². The van der Waals surface area contributed by atoms with E-state index in [-0.39, 0.29) is 0 Å². The Morgan fingerprint density at radius 2 is 1.67 bits per heavy atom. The fourth-order valence-electron chi connectivity index (χ4n) is 1.25. The summed E-state index contributed by atoms with van der Waals surface area (Å²) >= 11 is 0. The van der Waals surface area contributed by atoms with E-state index in [0.29, 0.717) is 11.8 Å². The maximum atomic E-state index is 4.34. The van der Waals surface area contributed by atoms with Crippen LogP contribution in [-0.2, 0) is 0 Å². The predicted octanol–water partition coefficient (Wildman–Crippen LogP) is 2.06. The summed E-state index contributed by atoms with van der Waals surface area (Å²) in [5.74, 6) is 0.937. The van der Waals surface area contributed by atoms with Crippen molar-refractivity contribution in [1.82, 2.24) is 9.88 Å². The molecule has 0 saturated carbocycles. The predicted molar refractivity (Wildman–Crippen MR) is 51.6 cm³/mol. The summed E-state index contributed by atoms with van der Waals surface area (Å²) in [4.78, 5) is 8.67. The van der Waals surface area contributed by atoms with Crippen molar-refractivity contribution in [2.75, 3.05) is 0 Å². The number of aromatic nitrogens is 2. The van der Waals surface area contributed by atoms with Crippen molar-refractivity contribution >= 4 is 7.05 Å². The third-order valence-electron chi connectivity index (χ3n) is 1.85. The van der Waals surface area contributed by atoms with E-state index in [1.807, 2.05) is 0 Å². The Hall–Kier alpha value is -0.725. The second-order valence-corrected chi connectivity index (χ2v) is 3.64. The van der Waals surface area contributed by atoms with Gasteiger partial charge in [-0.25, -0.2) is 0 Å². The van der Waals surface area contributed by atoms with Crippen LogP contribution in [0.2, 0.25) is 0 Å². The van der Waals surface area contributed by atoms with Crippen LogP contribution in [0.1, 0.15) is 50.9 Å². The summed E-state index contributed by atoms with van der Waals surface area (Å²) in [6, 6.07) is 0. The molecular formula is C9H15BN2. The molecule has 0 fully saturated rings. The molecule has 0 spiro atoms. The summed E-state index contributed by atoms with van der Waals surface area (Å²) in [5, 5.41) is 0. The molecule has 1 aromatic rings. The molecule has 0 saturated heterocycles. The average molecular weight is 162 g/mol. The van der Waals surface area contributed by atoms with Crippen LogP contribution in [0.25, 0.3) is 0 Å². The first-order valence-electron chi connectivity index (χ1n) is 4.43. The van der Waals surface area contributed by atoms with Crippen molar-refractivity contribution in [2.24, 2.45) is 0 Å². The fraction of sp³-hybridized carbons (Fsp3) is 0.667. The Morgan fingerprint density at radius 3 is 2.08 bits per heavy atom. The van der Waals surface area contributed by atoms with Gasteiger partial charge in [0.25, 0.3) is 0 Å². The van der Waals surface area contributed by atoms with E-state index in [4.69, 9.17) is 0 Å². The van der Waals surface area contributed by atoms with Gasteiger partial charge in [0.1, 0.15) is 0 Å². The molecular weight excluding hydrogens is 147 g/mol. The summed E-state index contributed by atoms with van der Waals surface area (Å²) in [7, 11) is 1.77. The van der Waals surface area contributed by atoms with Gasteiger partial charge < -0.3 is 0 Å². The van der Waals surface area contributed by atoms with Crippen LogP contribution in [-0.4, -0.2) is 16.9 Å². The van der Waals surface area contributed by atoms with Crippen LogP contribution < -0.4 is 0 Å². The minimum absolute atomic E-state index is 0.469. The Labute approximate surface area is 74.7 Å². The SMILES string of the molecule is CC(C)c1nbcnc1C(C)C. The second kappa shape index (κ2) is 3.79. The van der Waals surface area contributed by atoms with Crippen LogP contribution in [0, 0.1) is 0 Å². The molecule has 0 aliphatic carbocycles. The van der Waals surface area contributed by atoms with E-state index in [2.05, 4.69) is 37.6 Å². The first kappa shape index (κ1) is 9.36. The molecule has 0 radical (unpaired) electrons. The molecule has 0 N–H and O–H groups in total. The van der Waals surface area contributed by atoms with E-state index in [1.54, 1.807) is 13.1 Å². The topological polar surface area (TPSA) is 25.8 Å². The van der Waals surface area contributed by atoms with Gasteiger partial charge in [-0.05, 0) is 0 Å². The van der Waals surface area contributed by atoms with Gasteiger partial charge in [-0.1, -0.05) is 0 Å². The van der Waals surface area contributed by atoms with Crippen molar-refractivity contribution in [3.8, 4) is 0 Å². The zero-order valence-electron chi connectivity index (χ0n) is 8.20. The third kappa shape index (κ3) is 1.90. The molecule has 0 unspecified atom stereocenters. The van der Waals surface area contributed by atoms with Gasteiger partial charge in [0.2, 0.25) is 0 Å². The number of nitrogens with zero attached hydrogens (tertiary/aromatic N) is 2. The molecule has 3 heteroatoms. The van der Waals surface area contributed by atoms with Crippen LogP contribution in [0.3, 0.4) is 0 Å². The van der Waals surface area contributed by atoms with E-state index in [0.717, 1.165) is 11.4 Å². The molecule has 1 aromatic heterocycles. The summed E-state index contributed by atoms with van der Waals surface area (Å²) in [6.45, 7) is 8.59. The third-order valence-corrected chi connectivity index (χ3v) is 1.85. The van der Waals surface area contributed by atoms with Gasteiger partial charge in [-0.2, -0.15) is 0 Å². The molecule has 12 heavy (non-hydrogen) atoms. The molecule has 0 atom stereocenters.